The summed E-state index contributed by atoms with van der Waals surface area (Å²) in [6, 6.07) is 0. The molecule has 1 atom stereocenters. The van der Waals surface area contributed by atoms with Crippen molar-refractivity contribution in [2.75, 3.05) is 12.8 Å². The molecule has 0 saturated heterocycles. The van der Waals surface area contributed by atoms with E-state index in [0.29, 0.717) is 16.8 Å². The Morgan fingerprint density at radius 1 is 1.47 bits per heavy atom. The van der Waals surface area contributed by atoms with Crippen molar-refractivity contribution in [3.63, 3.8) is 0 Å². The molecule has 0 amide bonds. The molecule has 0 aromatic carbocycles. The number of nitrogens with zero attached hydrogens (tertiary/aromatic N) is 2. The second kappa shape index (κ2) is 6.45. The number of halogens is 2. The Morgan fingerprint density at radius 3 is 2.53 bits per heavy atom. The van der Waals surface area contributed by atoms with Crippen LogP contribution in [-0.4, -0.2) is 22.5 Å². The zero-order valence-electron chi connectivity index (χ0n) is 9.64. The average molecular weight is 319 g/mol. The largest absolute Gasteiger partial charge is 0.341 e. The second-order valence-corrected chi connectivity index (χ2v) is 7.03. The highest BCUT2D eigenvalue weighted by Gasteiger charge is 2.24. The molecule has 0 aliphatic rings. The van der Waals surface area contributed by atoms with Crippen LogP contribution < -0.4 is 0 Å². The number of hydrogen-bond acceptors (Lipinski definition) is 5. The first-order valence-corrected chi connectivity index (χ1v) is 8.14. The molecule has 0 spiro atoms. The van der Waals surface area contributed by atoms with Crippen LogP contribution in [0.2, 0.25) is 10.2 Å². The van der Waals surface area contributed by atoms with Gasteiger partial charge in [0, 0.05) is 13.2 Å². The number of aromatic nitrogens is 2. The third-order valence-electron chi connectivity index (χ3n) is 1.84. The maximum atomic E-state index is 12.0. The van der Waals surface area contributed by atoms with Crippen LogP contribution in [-0.2, 0) is 20.1 Å². The van der Waals surface area contributed by atoms with Crippen LogP contribution >= 0.6 is 42.8 Å². The van der Waals surface area contributed by atoms with E-state index in [1.54, 1.807) is 20.9 Å². The SMILES string of the molecule is CCOP(=O)(CC)OSc1nn(C)c(Cl)c1Cl. The van der Waals surface area contributed by atoms with E-state index in [2.05, 4.69) is 5.10 Å². The standard InChI is InChI=1S/C8H13Cl2N2O3PS/c1-4-14-16(13,5-2)15-17-8-6(9)7(10)12(3)11-8/h4-5H2,1-3H3. The predicted molar refractivity (Wildman–Crippen MR) is 69.9 cm³/mol. The Hall–Kier alpha value is 0.290. The average Bonchev–Trinajstić information content (AvgIpc) is 2.55. The first-order valence-electron chi connectivity index (χ1n) is 4.91. The predicted octanol–water partition coefficient (Wildman–Crippen LogP) is 4.00. The number of rotatable bonds is 6. The second-order valence-electron chi connectivity index (χ2n) is 3.04. The van der Waals surface area contributed by atoms with E-state index in [4.69, 9.17) is 31.7 Å². The molecule has 0 aliphatic carbocycles. The van der Waals surface area contributed by atoms with Gasteiger partial charge in [-0.05, 0) is 6.92 Å². The van der Waals surface area contributed by atoms with Gasteiger partial charge in [-0.1, -0.05) is 30.1 Å². The van der Waals surface area contributed by atoms with Crippen molar-refractivity contribution in [2.45, 2.75) is 18.9 Å². The highest BCUT2D eigenvalue weighted by molar-refractivity contribution is 7.98. The van der Waals surface area contributed by atoms with E-state index in [-0.39, 0.29) is 11.2 Å². The minimum absolute atomic E-state index is 0.276. The minimum atomic E-state index is -3.08. The van der Waals surface area contributed by atoms with Gasteiger partial charge in [0.05, 0.1) is 18.6 Å². The molecule has 1 unspecified atom stereocenters. The summed E-state index contributed by atoms with van der Waals surface area (Å²) in [7, 11) is -1.43. The molecule has 0 fully saturated rings. The molecule has 1 heterocycles. The van der Waals surface area contributed by atoms with E-state index in [9.17, 15) is 4.57 Å². The Kier molecular flexibility index (Phi) is 5.83. The summed E-state index contributed by atoms with van der Waals surface area (Å²) >= 11 is 12.6. The van der Waals surface area contributed by atoms with E-state index in [1.807, 2.05) is 0 Å². The van der Waals surface area contributed by atoms with E-state index in [0.717, 1.165) is 12.0 Å². The maximum Gasteiger partial charge on any atom is 0.341 e. The van der Waals surface area contributed by atoms with Crippen LogP contribution in [0.3, 0.4) is 0 Å². The monoisotopic (exact) mass is 318 g/mol. The molecule has 98 valence electrons. The lowest BCUT2D eigenvalue weighted by molar-refractivity contribution is 0.290. The van der Waals surface area contributed by atoms with Gasteiger partial charge in [0.25, 0.3) is 0 Å². The molecular formula is C8H13Cl2N2O3PS. The van der Waals surface area contributed by atoms with Gasteiger partial charge in [0.15, 0.2) is 5.03 Å². The van der Waals surface area contributed by atoms with Gasteiger partial charge in [-0.25, -0.2) is 3.97 Å². The fourth-order valence-corrected chi connectivity index (χ4v) is 3.63. The van der Waals surface area contributed by atoms with Crippen molar-refractivity contribution in [2.24, 2.45) is 7.05 Å². The number of aryl methyl sites for hydroxylation is 1. The van der Waals surface area contributed by atoms with Gasteiger partial charge in [0.2, 0.25) is 0 Å². The first kappa shape index (κ1) is 15.3. The van der Waals surface area contributed by atoms with Crippen LogP contribution in [0.4, 0.5) is 0 Å². The van der Waals surface area contributed by atoms with Crippen molar-refractivity contribution in [1.82, 2.24) is 9.78 Å². The summed E-state index contributed by atoms with van der Waals surface area (Å²) in [4.78, 5) is 0. The zero-order chi connectivity index (χ0) is 13.1. The summed E-state index contributed by atoms with van der Waals surface area (Å²) in [5, 5.41) is 4.97. The molecule has 5 nitrogen and oxygen atoms in total. The van der Waals surface area contributed by atoms with Crippen molar-refractivity contribution in [3.8, 4) is 0 Å². The van der Waals surface area contributed by atoms with Crippen molar-refractivity contribution in [1.29, 1.82) is 0 Å². The third-order valence-corrected chi connectivity index (χ3v) is 5.91. The number of hydrogen-bond donors (Lipinski definition) is 0. The zero-order valence-corrected chi connectivity index (χ0v) is 12.9. The summed E-state index contributed by atoms with van der Waals surface area (Å²) in [5.41, 5.74) is 0. The minimum Gasteiger partial charge on any atom is -0.308 e. The summed E-state index contributed by atoms with van der Waals surface area (Å²) in [6.45, 7) is 3.80. The van der Waals surface area contributed by atoms with Crippen LogP contribution in [0.1, 0.15) is 13.8 Å². The van der Waals surface area contributed by atoms with Gasteiger partial charge in [-0.2, -0.15) is 5.10 Å². The summed E-state index contributed by atoms with van der Waals surface area (Å²) in [5.74, 6) is 0. The van der Waals surface area contributed by atoms with Gasteiger partial charge < -0.3 is 4.52 Å². The molecule has 1 aromatic heterocycles. The lowest BCUT2D eigenvalue weighted by atomic mass is 10.7. The first-order chi connectivity index (χ1) is 7.93. The molecule has 1 aromatic rings. The molecule has 1 rings (SSSR count). The fourth-order valence-electron chi connectivity index (χ4n) is 0.962. The Balaban J connectivity index is 2.72. The molecule has 0 N–H and O–H groups in total. The third kappa shape index (κ3) is 3.88. The molecule has 0 saturated carbocycles. The molecule has 0 aliphatic heterocycles. The van der Waals surface area contributed by atoms with Crippen LogP contribution in [0.15, 0.2) is 5.03 Å². The van der Waals surface area contributed by atoms with Gasteiger partial charge in [-0.15, -0.1) is 0 Å². The highest BCUT2D eigenvalue weighted by Crippen LogP contribution is 2.53. The van der Waals surface area contributed by atoms with Crippen LogP contribution in [0.5, 0.6) is 0 Å². The molecule has 9 heteroatoms. The molecule has 0 radical (unpaired) electrons. The van der Waals surface area contributed by atoms with Gasteiger partial charge in [0.1, 0.15) is 10.2 Å². The van der Waals surface area contributed by atoms with Crippen LogP contribution in [0, 0.1) is 0 Å². The lowest BCUT2D eigenvalue weighted by Gasteiger charge is -2.13. The van der Waals surface area contributed by atoms with Gasteiger partial charge >= 0.3 is 7.60 Å². The van der Waals surface area contributed by atoms with Crippen molar-refractivity contribution < 1.29 is 13.1 Å². The summed E-state index contributed by atoms with van der Waals surface area (Å²) in [6.07, 6.45) is 0.284. The van der Waals surface area contributed by atoms with Crippen molar-refractivity contribution in [3.05, 3.63) is 10.2 Å². The maximum absolute atomic E-state index is 12.0. The lowest BCUT2D eigenvalue weighted by Crippen LogP contribution is -1.94. The summed E-state index contributed by atoms with van der Waals surface area (Å²) < 4.78 is 23.7. The quantitative estimate of drug-likeness (QED) is 0.586. The van der Waals surface area contributed by atoms with E-state index >= 15 is 0 Å². The Labute approximate surface area is 114 Å². The normalized spacial score (nSPS) is 14.9. The molecule has 17 heavy (non-hydrogen) atoms. The van der Waals surface area contributed by atoms with E-state index < -0.39 is 7.60 Å². The topological polar surface area (TPSA) is 53.4 Å². The van der Waals surface area contributed by atoms with E-state index in [1.165, 1.54) is 4.68 Å². The Morgan fingerprint density at radius 2 is 2.12 bits per heavy atom. The Bertz CT molecular complexity index is 441. The highest BCUT2D eigenvalue weighted by atomic mass is 35.5. The van der Waals surface area contributed by atoms with Gasteiger partial charge in [-0.3, -0.25) is 9.25 Å². The smallest absolute Gasteiger partial charge is 0.308 e. The molecular weight excluding hydrogens is 306 g/mol. The van der Waals surface area contributed by atoms with Crippen molar-refractivity contribution >= 4 is 42.8 Å². The fraction of sp³-hybridized carbons (Fsp3) is 0.625. The van der Waals surface area contributed by atoms with Crippen LogP contribution in [0.25, 0.3) is 0 Å². The molecule has 0 bridgehead atoms.